The molecule has 0 aromatic rings. The quantitative estimate of drug-likeness (QED) is 0.420. The second kappa shape index (κ2) is 6.10. The van der Waals surface area contributed by atoms with Crippen LogP contribution in [-0.2, 0) is 4.79 Å². The van der Waals surface area contributed by atoms with E-state index < -0.39 is 47.3 Å². The van der Waals surface area contributed by atoms with Gasteiger partial charge in [0.2, 0.25) is 0 Å². The molecule has 4 rings (SSSR count). The van der Waals surface area contributed by atoms with Crippen LogP contribution < -0.4 is 0 Å². The molecular weight excluding hydrogens is 348 g/mol. The van der Waals surface area contributed by atoms with Gasteiger partial charge in [-0.2, -0.15) is 0 Å². The van der Waals surface area contributed by atoms with E-state index in [2.05, 4.69) is 0 Å². The number of hydrogen-bond acceptors (Lipinski definition) is 6. The van der Waals surface area contributed by atoms with E-state index in [1.54, 1.807) is 6.08 Å². The van der Waals surface area contributed by atoms with Gasteiger partial charge in [0, 0.05) is 11.3 Å². The molecule has 0 bridgehead atoms. The van der Waals surface area contributed by atoms with E-state index in [-0.39, 0.29) is 30.0 Å². The predicted octanol–water partition coefficient (Wildman–Crippen LogP) is 0.398. The van der Waals surface area contributed by atoms with Crippen LogP contribution in [0.25, 0.3) is 0 Å². The number of rotatable bonds is 1. The van der Waals surface area contributed by atoms with Crippen molar-refractivity contribution in [3.63, 3.8) is 0 Å². The zero-order valence-electron chi connectivity index (χ0n) is 16.2. The van der Waals surface area contributed by atoms with Crippen LogP contribution in [0.2, 0.25) is 0 Å². The van der Waals surface area contributed by atoms with Gasteiger partial charge in [0.15, 0.2) is 0 Å². The molecule has 0 amide bonds. The Morgan fingerprint density at radius 3 is 2.37 bits per heavy atom. The normalized spacial score (nSPS) is 57.3. The number of carbonyl (C=O) groups is 1. The molecule has 27 heavy (non-hydrogen) atoms. The van der Waals surface area contributed by atoms with E-state index in [1.807, 2.05) is 13.8 Å². The minimum absolute atomic E-state index is 0.0762. The van der Waals surface area contributed by atoms with Crippen molar-refractivity contribution in [3.8, 4) is 0 Å². The van der Waals surface area contributed by atoms with E-state index in [4.69, 9.17) is 0 Å². The van der Waals surface area contributed by atoms with E-state index >= 15 is 0 Å². The lowest BCUT2D eigenvalue weighted by Crippen LogP contribution is -2.66. The van der Waals surface area contributed by atoms with Crippen molar-refractivity contribution in [2.24, 2.45) is 34.5 Å². The molecule has 4 aliphatic rings. The fraction of sp³-hybridized carbons (Fsp3) is 0.857. The summed E-state index contributed by atoms with van der Waals surface area (Å²) < 4.78 is 0. The van der Waals surface area contributed by atoms with Crippen molar-refractivity contribution in [2.75, 3.05) is 0 Å². The predicted molar refractivity (Wildman–Crippen MR) is 97.4 cm³/mol. The van der Waals surface area contributed by atoms with Crippen LogP contribution in [0.1, 0.15) is 46.5 Å². The average molecular weight is 380 g/mol. The molecule has 4 aliphatic carbocycles. The largest absolute Gasteiger partial charge is 0.393 e. The van der Waals surface area contributed by atoms with Crippen molar-refractivity contribution in [1.82, 2.24) is 0 Å². The maximum Gasteiger partial charge on any atom is 0.133 e. The first-order chi connectivity index (χ1) is 12.5. The van der Waals surface area contributed by atoms with Gasteiger partial charge in [0.1, 0.15) is 5.78 Å². The maximum atomic E-state index is 12.3. The van der Waals surface area contributed by atoms with Gasteiger partial charge in [-0.1, -0.05) is 19.9 Å². The SMILES string of the molecule is CC(=O)[C@H]1C[C@@H](O)[C@H]2[C@@H]3C[C@H](O)C4=C[C@@H](O)CC[C@]4(C)[C@H]3[C@H](O)[C@@H](O)[C@@]21C. The molecular formula is C21H32O6. The summed E-state index contributed by atoms with van der Waals surface area (Å²) in [6, 6.07) is 0. The number of Topliss-reactive ketones (excluding diaryl/α,β-unsaturated/α-hetero) is 1. The second-order valence-electron chi connectivity index (χ2n) is 9.88. The molecule has 3 fully saturated rings. The smallest absolute Gasteiger partial charge is 0.133 e. The molecule has 6 heteroatoms. The van der Waals surface area contributed by atoms with Gasteiger partial charge in [-0.05, 0) is 61.3 Å². The Balaban J connectivity index is 1.83. The third-order valence-corrected chi connectivity index (χ3v) is 8.68. The lowest BCUT2D eigenvalue weighted by Gasteiger charge is -2.62. The summed E-state index contributed by atoms with van der Waals surface area (Å²) in [5.74, 6) is -1.45. The molecule has 0 aliphatic heterocycles. The van der Waals surface area contributed by atoms with Crippen molar-refractivity contribution in [1.29, 1.82) is 0 Å². The summed E-state index contributed by atoms with van der Waals surface area (Å²) in [6.07, 6.45) is -0.737. The Labute approximate surface area is 159 Å². The number of fused-ring (bicyclic) bond motifs is 5. The fourth-order valence-corrected chi connectivity index (χ4v) is 7.53. The average Bonchev–Trinajstić information content (AvgIpc) is 2.86. The van der Waals surface area contributed by atoms with Crippen LogP contribution in [0.3, 0.4) is 0 Å². The van der Waals surface area contributed by atoms with E-state index in [0.29, 0.717) is 19.3 Å². The Morgan fingerprint density at radius 1 is 1.07 bits per heavy atom. The van der Waals surface area contributed by atoms with Crippen LogP contribution in [0.5, 0.6) is 0 Å². The third kappa shape index (κ3) is 2.40. The first-order valence-corrected chi connectivity index (χ1v) is 10.2. The summed E-state index contributed by atoms with van der Waals surface area (Å²) in [5, 5.41) is 54.2. The number of hydrogen-bond donors (Lipinski definition) is 5. The Bertz CT molecular complexity index is 676. The van der Waals surface area contributed by atoms with Gasteiger partial charge in [0.05, 0.1) is 30.5 Å². The van der Waals surface area contributed by atoms with Crippen LogP contribution in [0.4, 0.5) is 0 Å². The zero-order valence-corrected chi connectivity index (χ0v) is 16.2. The summed E-state index contributed by atoms with van der Waals surface area (Å²) in [7, 11) is 0. The molecule has 0 aromatic carbocycles. The van der Waals surface area contributed by atoms with Crippen molar-refractivity contribution in [3.05, 3.63) is 11.6 Å². The van der Waals surface area contributed by atoms with E-state index in [9.17, 15) is 30.3 Å². The van der Waals surface area contributed by atoms with Gasteiger partial charge >= 0.3 is 0 Å². The number of aliphatic hydroxyl groups excluding tert-OH is 5. The molecule has 0 aromatic heterocycles. The highest BCUT2D eigenvalue weighted by Crippen LogP contribution is 2.66. The topological polar surface area (TPSA) is 118 Å². The monoisotopic (exact) mass is 380 g/mol. The molecule has 152 valence electrons. The van der Waals surface area contributed by atoms with Crippen LogP contribution in [-0.4, -0.2) is 61.8 Å². The summed E-state index contributed by atoms with van der Waals surface area (Å²) in [6.45, 7) is 5.29. The molecule has 11 atom stereocenters. The van der Waals surface area contributed by atoms with Crippen LogP contribution >= 0.6 is 0 Å². The zero-order chi connectivity index (χ0) is 19.9. The van der Waals surface area contributed by atoms with E-state index in [0.717, 1.165) is 5.57 Å². The van der Waals surface area contributed by atoms with Gasteiger partial charge in [-0.3, -0.25) is 4.79 Å². The molecule has 0 spiro atoms. The summed E-state index contributed by atoms with van der Waals surface area (Å²) in [5.41, 5.74) is -0.706. The lowest BCUT2D eigenvalue weighted by molar-refractivity contribution is -0.218. The highest BCUT2D eigenvalue weighted by molar-refractivity contribution is 5.80. The molecule has 5 N–H and O–H groups in total. The molecule has 0 unspecified atom stereocenters. The van der Waals surface area contributed by atoms with Gasteiger partial charge in [0.25, 0.3) is 0 Å². The summed E-state index contributed by atoms with van der Waals surface area (Å²) >= 11 is 0. The minimum Gasteiger partial charge on any atom is -0.393 e. The Hall–Kier alpha value is -0.790. The van der Waals surface area contributed by atoms with E-state index in [1.165, 1.54) is 6.92 Å². The Kier molecular flexibility index (Phi) is 4.41. The first-order valence-electron chi connectivity index (χ1n) is 10.2. The summed E-state index contributed by atoms with van der Waals surface area (Å²) in [4.78, 5) is 12.3. The number of carbonyl (C=O) groups excluding carboxylic acids is 1. The van der Waals surface area contributed by atoms with Crippen LogP contribution in [0, 0.1) is 34.5 Å². The molecule has 0 saturated heterocycles. The second-order valence-corrected chi connectivity index (χ2v) is 9.88. The van der Waals surface area contributed by atoms with Crippen molar-refractivity contribution in [2.45, 2.75) is 77.0 Å². The van der Waals surface area contributed by atoms with Gasteiger partial charge in [-0.15, -0.1) is 0 Å². The highest BCUT2D eigenvalue weighted by Gasteiger charge is 2.69. The van der Waals surface area contributed by atoms with Crippen molar-refractivity contribution >= 4 is 5.78 Å². The molecule has 3 saturated carbocycles. The third-order valence-electron chi connectivity index (χ3n) is 8.68. The van der Waals surface area contributed by atoms with Crippen molar-refractivity contribution < 1.29 is 30.3 Å². The fourth-order valence-electron chi connectivity index (χ4n) is 7.53. The minimum atomic E-state index is -1.12. The maximum absolute atomic E-state index is 12.3. The molecule has 6 nitrogen and oxygen atoms in total. The van der Waals surface area contributed by atoms with Crippen LogP contribution in [0.15, 0.2) is 11.6 Å². The van der Waals surface area contributed by atoms with Gasteiger partial charge in [-0.25, -0.2) is 0 Å². The van der Waals surface area contributed by atoms with Gasteiger partial charge < -0.3 is 25.5 Å². The molecule has 0 heterocycles. The lowest BCUT2D eigenvalue weighted by atomic mass is 9.44. The first kappa shape index (κ1) is 19.5. The number of aliphatic hydroxyl groups is 5. The standard InChI is InChI=1S/C21H32O6/c1-9(22)12-8-15(25)16-11-7-14(24)13-6-10(23)4-5-20(13,2)17(11)18(26)19(27)21(12,16)3/h6,10-12,14-19,23-27H,4-5,7-8H2,1-3H3/t10-,11-,12+,14-,15+,16+,17+,18-,19+,20-,21+/m0/s1. The molecule has 0 radical (unpaired) electrons. The number of ketones is 1. The Morgan fingerprint density at radius 2 is 1.74 bits per heavy atom. The highest BCUT2D eigenvalue weighted by atomic mass is 16.3.